The first-order chi connectivity index (χ1) is 59.6. The minimum absolute atomic E-state index is 0.0164. The fourth-order valence-electron chi connectivity index (χ4n) is 18.5. The van der Waals surface area contributed by atoms with Crippen LogP contribution in [0, 0.1) is 0 Å². The number of amides is 3. The minimum atomic E-state index is -3.69. The van der Waals surface area contributed by atoms with Gasteiger partial charge in [0.1, 0.15) is 42.8 Å². The van der Waals surface area contributed by atoms with E-state index in [1.807, 2.05) is 120 Å². The molecule has 2 bridgehead atoms. The number of allylic oxidation sites excluding steroid dienone is 1. The molecule has 2 saturated carbocycles. The molecule has 2 aromatic heterocycles. The van der Waals surface area contributed by atoms with Crippen LogP contribution in [0.2, 0.25) is 0 Å². The van der Waals surface area contributed by atoms with Crippen molar-refractivity contribution in [1.82, 2.24) is 23.1 Å². The van der Waals surface area contributed by atoms with Crippen LogP contribution in [-0.4, -0.2) is 194 Å². The number of anilines is 4. The van der Waals surface area contributed by atoms with Gasteiger partial charge >= 0.3 is 0 Å². The molecule has 0 spiro atoms. The summed E-state index contributed by atoms with van der Waals surface area (Å²) in [5.41, 5.74) is 13.2. The SMILES string of the molecule is C=CCCNC(=O)Cn1c(-c2ccc(OCc3cc(N4CCCC4=O)ccc3N3CCN(S(C)(=O)=O)CC3)cc2)c(C2CCCCC2)c2ccc(C(=O)CS(=O)(=O)CC=C)cc21.CC.CS(=O)(=O)N1CCN(c2ccc(N3CCCC3=O)cc2COc2ccc(-c3c(C4CCCCC4)c4ccc5cc4n3CC(=O)CCC/C=C\CS(=O)(=O)CC5=O)cc2)CC1. The van der Waals surface area contributed by atoms with Gasteiger partial charge in [-0.25, -0.2) is 33.7 Å². The molecule has 0 unspecified atom stereocenters. The van der Waals surface area contributed by atoms with Crippen LogP contribution in [0.5, 0.6) is 11.5 Å². The number of Topliss-reactive ketones (excluding diaryl/α,β-unsaturated/α-hetero) is 3. The van der Waals surface area contributed by atoms with Crippen molar-refractivity contribution in [3.63, 3.8) is 0 Å². The number of benzene rings is 6. The van der Waals surface area contributed by atoms with Gasteiger partial charge in [0.15, 0.2) is 37.0 Å². The third-order valence-corrected chi connectivity index (χ3v) is 30.1. The standard InChI is InChI=1S/C47H57N5O8S2.C46H54N4O8S2.C2H6/c1-4-6-22-48-44(54)31-52-42-30-36(43(53)33-62(58,59)28-5-2)16-20-40(42)46(34-11-8-7-9-12-34)47(52)35-14-18-39(19-15-35)60-32-37-29-38(51-23-10-13-45(51)55)17-21-41(37)49-24-26-50(27-25-49)61(3,56)57;1-59(54,55)48-25-23-47(24-26-48)41-21-17-37(49-22-9-13-44(49)53)28-36(41)31-58-39-18-14-34(15-19-39)46-45(33-10-5-4-6-11-33)40-20-16-35-29-42(40)50(46)30-38(51)12-7-2-3-8-27-60(56,57)32-43(35)52;1-2/h4-5,14-21,29-30,34H,1-2,6-13,22-28,31-33H2,3H3,(H,48,54);3,8,14-21,28-29,33H,2,4-7,9-13,22-27,30-32H2,1H3;1-2H3/b;8-3-;. The van der Waals surface area contributed by atoms with Gasteiger partial charge in [0.25, 0.3) is 0 Å². The number of nitrogens with zero attached hydrogens (tertiary/aromatic N) is 8. The van der Waals surface area contributed by atoms with Gasteiger partial charge in [-0.1, -0.05) is 101 Å². The summed E-state index contributed by atoms with van der Waals surface area (Å²) in [5.74, 6) is -0.924. The van der Waals surface area contributed by atoms with E-state index in [9.17, 15) is 62.4 Å². The molecule has 6 fully saturated rings. The van der Waals surface area contributed by atoms with Crippen molar-refractivity contribution < 1.29 is 71.9 Å². The second kappa shape index (κ2) is 40.9. The Morgan fingerprint density at radius 1 is 0.532 bits per heavy atom. The van der Waals surface area contributed by atoms with Gasteiger partial charge in [0.2, 0.25) is 37.8 Å². The molecule has 2 aliphatic carbocycles. The number of sulfonamides is 2. The number of ketones is 3. The van der Waals surface area contributed by atoms with E-state index in [-0.39, 0.29) is 78.7 Å². The molecule has 5 aliphatic heterocycles. The minimum Gasteiger partial charge on any atom is -0.489 e. The molecule has 1 N–H and O–H groups in total. The highest BCUT2D eigenvalue weighted by Gasteiger charge is 2.35. The molecule has 15 rings (SSSR count). The van der Waals surface area contributed by atoms with E-state index in [1.54, 1.807) is 47.4 Å². The number of fused-ring (bicyclic) bond motifs is 2. The molecule has 124 heavy (non-hydrogen) atoms. The summed E-state index contributed by atoms with van der Waals surface area (Å²) >= 11 is 0. The lowest BCUT2D eigenvalue weighted by Crippen LogP contribution is -2.48. The van der Waals surface area contributed by atoms with Gasteiger partial charge in [0.05, 0.1) is 41.9 Å². The molecule has 3 amide bonds. The third kappa shape index (κ3) is 22.2. The highest BCUT2D eigenvalue weighted by atomic mass is 32.2. The monoisotopic (exact) mass is 1770 g/mol. The van der Waals surface area contributed by atoms with Crippen molar-refractivity contribution in [1.29, 1.82) is 0 Å². The van der Waals surface area contributed by atoms with Gasteiger partial charge in [-0.2, -0.15) is 8.61 Å². The first kappa shape index (κ1) is 91.7. The Morgan fingerprint density at radius 2 is 1.03 bits per heavy atom. The fourth-order valence-corrected chi connectivity index (χ4v) is 22.3. The lowest BCUT2D eigenvalue weighted by Gasteiger charge is -2.36. The number of ether oxygens (including phenoxy) is 2. The predicted molar refractivity (Wildman–Crippen MR) is 492 cm³/mol. The average Bonchev–Trinajstić information content (AvgIpc) is 1.59. The fraction of sp³-hybridized carbons (Fsp3) is 0.453. The average molecular weight is 1770 g/mol. The zero-order chi connectivity index (χ0) is 88.0. The Bertz CT molecular complexity index is 5790. The van der Waals surface area contributed by atoms with Crippen LogP contribution in [0.15, 0.2) is 159 Å². The molecule has 6 aromatic carbocycles. The largest absolute Gasteiger partial charge is 0.489 e. The molecule has 7 heterocycles. The highest BCUT2D eigenvalue weighted by molar-refractivity contribution is 7.92. The van der Waals surface area contributed by atoms with Gasteiger partial charge in [-0.3, -0.25) is 28.8 Å². The first-order valence-corrected chi connectivity index (χ1v) is 51.1. The first-order valence-electron chi connectivity index (χ1n) is 43.8. The van der Waals surface area contributed by atoms with E-state index in [2.05, 4.69) is 32.8 Å². The number of piperazine rings is 2. The number of carbonyl (C=O) groups excluding carboxylic acids is 6. The van der Waals surface area contributed by atoms with Gasteiger partial charge < -0.3 is 43.5 Å². The van der Waals surface area contributed by atoms with Crippen LogP contribution in [0.3, 0.4) is 0 Å². The topological polar surface area (TPSA) is 299 Å². The molecule has 662 valence electrons. The summed E-state index contributed by atoms with van der Waals surface area (Å²) in [6.45, 7) is 17.2. The van der Waals surface area contributed by atoms with Gasteiger partial charge in [0, 0.05) is 158 Å². The van der Waals surface area contributed by atoms with E-state index in [1.165, 1.54) is 33.6 Å². The predicted octanol–water partition coefficient (Wildman–Crippen LogP) is 14.7. The van der Waals surface area contributed by atoms with Gasteiger partial charge in [-0.15, -0.1) is 13.2 Å². The summed E-state index contributed by atoms with van der Waals surface area (Å²) in [4.78, 5) is 87.6. The van der Waals surface area contributed by atoms with Crippen molar-refractivity contribution in [2.24, 2.45) is 0 Å². The van der Waals surface area contributed by atoms with E-state index in [0.717, 1.165) is 154 Å². The summed E-state index contributed by atoms with van der Waals surface area (Å²) < 4.78 is 120. The Labute approximate surface area is 730 Å². The van der Waals surface area contributed by atoms with Crippen LogP contribution in [0.1, 0.15) is 184 Å². The van der Waals surface area contributed by atoms with E-state index < -0.39 is 62.8 Å². The van der Waals surface area contributed by atoms with Crippen LogP contribution in [-0.2, 0) is 85.2 Å². The molecule has 7 aliphatic rings. The van der Waals surface area contributed by atoms with Crippen molar-refractivity contribution in [2.45, 2.75) is 168 Å². The highest BCUT2D eigenvalue weighted by Crippen LogP contribution is 2.48. The number of carbonyl (C=O) groups is 6. The Kier molecular flexibility index (Phi) is 30.3. The lowest BCUT2D eigenvalue weighted by atomic mass is 9.81. The number of hydrogen-bond donors (Lipinski definition) is 1. The van der Waals surface area contributed by atoms with Crippen LogP contribution >= 0.6 is 0 Å². The molecular weight excluding hydrogens is 1650 g/mol. The number of rotatable bonds is 26. The molecule has 29 heteroatoms. The van der Waals surface area contributed by atoms with E-state index in [4.69, 9.17) is 9.47 Å². The van der Waals surface area contributed by atoms with Crippen LogP contribution < -0.4 is 34.4 Å². The molecule has 25 nitrogen and oxygen atoms in total. The lowest BCUT2D eigenvalue weighted by molar-refractivity contribution is -0.121. The van der Waals surface area contributed by atoms with Crippen molar-refractivity contribution in [3.8, 4) is 34.0 Å². The third-order valence-electron chi connectivity index (χ3n) is 24.6. The summed E-state index contributed by atoms with van der Waals surface area (Å²) in [7, 11) is -13.9. The van der Waals surface area contributed by atoms with Crippen LogP contribution in [0.4, 0.5) is 22.7 Å². The zero-order valence-electron chi connectivity index (χ0n) is 71.8. The Balaban J connectivity index is 0.000000209. The summed E-state index contributed by atoms with van der Waals surface area (Å²) in [5, 5.41) is 4.90. The van der Waals surface area contributed by atoms with E-state index >= 15 is 0 Å². The van der Waals surface area contributed by atoms with Crippen molar-refractivity contribution in [2.75, 3.05) is 127 Å². The van der Waals surface area contributed by atoms with E-state index in [0.29, 0.717) is 133 Å². The molecule has 8 aromatic rings. The van der Waals surface area contributed by atoms with Gasteiger partial charge in [-0.05, 0) is 189 Å². The molecular formula is C95H117N9O16S4. The quantitative estimate of drug-likeness (QED) is 0.0299. The number of sulfone groups is 2. The zero-order valence-corrected chi connectivity index (χ0v) is 75.1. The Hall–Kier alpha value is -10.0. The maximum Gasteiger partial charge on any atom is 0.239 e. The van der Waals surface area contributed by atoms with Crippen molar-refractivity contribution >= 4 is 119 Å². The normalized spacial score (nSPS) is 18.5. The van der Waals surface area contributed by atoms with Crippen molar-refractivity contribution in [3.05, 3.63) is 192 Å². The molecule has 0 radical (unpaired) electrons. The maximum absolute atomic E-state index is 13.7. The summed E-state index contributed by atoms with van der Waals surface area (Å²) in [6.07, 6.45) is 24.3. The maximum atomic E-state index is 13.7. The number of aromatic nitrogens is 2. The number of nitrogens with one attached hydrogen (secondary N) is 1. The molecule has 0 atom stereocenters. The smallest absolute Gasteiger partial charge is 0.239 e. The molecule has 4 saturated heterocycles. The van der Waals surface area contributed by atoms with Crippen LogP contribution in [0.25, 0.3) is 44.3 Å². The summed E-state index contributed by atoms with van der Waals surface area (Å²) in [6, 6.07) is 38.4. The second-order valence-corrected chi connectivity index (χ2v) is 41.4. The number of hydrogen-bond acceptors (Lipinski definition) is 18. The second-order valence-electron chi connectivity index (χ2n) is 33.3. The Morgan fingerprint density at radius 3 is 1.53 bits per heavy atom.